The monoisotopic (exact) mass is 368 g/mol. The van der Waals surface area contributed by atoms with Crippen LogP contribution in [0.3, 0.4) is 0 Å². The third-order valence-electron chi connectivity index (χ3n) is 5.45. The molecule has 0 aliphatic carbocycles. The second kappa shape index (κ2) is 10.5. The van der Waals surface area contributed by atoms with Crippen LogP contribution in [0.15, 0.2) is 54.6 Å². The van der Waals surface area contributed by atoms with Crippen LogP contribution in [0.4, 0.5) is 0 Å². The van der Waals surface area contributed by atoms with E-state index < -0.39 is 0 Å². The molecular weight excluding hydrogens is 336 g/mol. The van der Waals surface area contributed by atoms with E-state index in [1.165, 1.54) is 17.5 Å². The average Bonchev–Trinajstić information content (AvgIpc) is 2.71. The lowest BCUT2D eigenvalue weighted by atomic mass is 10.1. The van der Waals surface area contributed by atoms with Gasteiger partial charge in [0.05, 0.1) is 7.11 Å². The van der Waals surface area contributed by atoms with Crippen molar-refractivity contribution in [1.82, 2.24) is 9.80 Å². The predicted octanol–water partition coefficient (Wildman–Crippen LogP) is 3.20. The lowest BCUT2D eigenvalue weighted by molar-refractivity contribution is 0.0532. The van der Waals surface area contributed by atoms with E-state index in [0.29, 0.717) is 6.04 Å². The van der Waals surface area contributed by atoms with E-state index in [0.717, 1.165) is 51.3 Å². The van der Waals surface area contributed by atoms with Gasteiger partial charge in [0.25, 0.3) is 0 Å². The Morgan fingerprint density at radius 2 is 1.85 bits per heavy atom. The molecule has 1 fully saturated rings. The Hall–Kier alpha value is -1.88. The fourth-order valence-corrected chi connectivity index (χ4v) is 3.95. The maximum Gasteiger partial charge on any atom is 0.119 e. The molecule has 3 rings (SSSR count). The van der Waals surface area contributed by atoms with Crippen LogP contribution in [0.25, 0.3) is 0 Å². The van der Waals surface area contributed by atoms with Crippen molar-refractivity contribution in [2.45, 2.75) is 31.8 Å². The standard InChI is InChI=1S/C23H32N2O2/c1-27-23-11-5-9-21(17-23)18-25-15-14-24(19-22(25)12-16-26)13-6-10-20-7-3-2-4-8-20/h2-5,7-9,11,17,22,26H,6,10,12-16,18-19H2,1H3/t22-/m0/s1. The van der Waals surface area contributed by atoms with Crippen molar-refractivity contribution < 1.29 is 9.84 Å². The number of hydrogen-bond acceptors (Lipinski definition) is 4. The normalized spacial score (nSPS) is 18.5. The molecule has 1 saturated heterocycles. The molecule has 0 unspecified atom stereocenters. The maximum atomic E-state index is 9.53. The smallest absolute Gasteiger partial charge is 0.119 e. The van der Waals surface area contributed by atoms with Crippen LogP contribution < -0.4 is 4.74 Å². The van der Waals surface area contributed by atoms with E-state index in [4.69, 9.17) is 4.74 Å². The number of rotatable bonds is 9. The summed E-state index contributed by atoms with van der Waals surface area (Å²) in [5.74, 6) is 0.908. The highest BCUT2D eigenvalue weighted by atomic mass is 16.5. The molecule has 1 heterocycles. The molecule has 27 heavy (non-hydrogen) atoms. The Morgan fingerprint density at radius 3 is 2.63 bits per heavy atom. The summed E-state index contributed by atoms with van der Waals surface area (Å²) in [5, 5.41) is 9.53. The Balaban J connectivity index is 1.51. The van der Waals surface area contributed by atoms with Crippen molar-refractivity contribution in [3.8, 4) is 5.75 Å². The van der Waals surface area contributed by atoms with Crippen LogP contribution in [0, 0.1) is 0 Å². The zero-order valence-electron chi connectivity index (χ0n) is 16.4. The zero-order valence-corrected chi connectivity index (χ0v) is 16.4. The van der Waals surface area contributed by atoms with Crippen LogP contribution in [-0.2, 0) is 13.0 Å². The van der Waals surface area contributed by atoms with Gasteiger partial charge in [-0.15, -0.1) is 0 Å². The van der Waals surface area contributed by atoms with Gasteiger partial charge in [-0.25, -0.2) is 0 Å². The third kappa shape index (κ3) is 6.06. The molecular formula is C23H32N2O2. The first-order chi connectivity index (χ1) is 13.3. The number of benzene rings is 2. The van der Waals surface area contributed by atoms with E-state index in [9.17, 15) is 5.11 Å². The molecule has 1 N–H and O–H groups in total. The van der Waals surface area contributed by atoms with E-state index in [1.54, 1.807) is 7.11 Å². The number of hydrogen-bond donors (Lipinski definition) is 1. The van der Waals surface area contributed by atoms with Crippen LogP contribution in [0.5, 0.6) is 5.75 Å². The van der Waals surface area contributed by atoms with E-state index >= 15 is 0 Å². The highest BCUT2D eigenvalue weighted by molar-refractivity contribution is 5.28. The first-order valence-corrected chi connectivity index (χ1v) is 10.0. The minimum atomic E-state index is 0.247. The van der Waals surface area contributed by atoms with Crippen molar-refractivity contribution >= 4 is 0 Å². The summed E-state index contributed by atoms with van der Waals surface area (Å²) in [6.07, 6.45) is 3.15. The topological polar surface area (TPSA) is 35.9 Å². The Labute approximate surface area is 163 Å². The van der Waals surface area contributed by atoms with Gasteiger partial charge in [-0.3, -0.25) is 4.90 Å². The Bertz CT molecular complexity index is 677. The van der Waals surface area contributed by atoms with Crippen molar-refractivity contribution in [2.24, 2.45) is 0 Å². The molecule has 0 saturated carbocycles. The number of aliphatic hydroxyl groups is 1. The number of aliphatic hydroxyl groups excluding tert-OH is 1. The molecule has 1 aliphatic heterocycles. The lowest BCUT2D eigenvalue weighted by Crippen LogP contribution is -2.53. The molecule has 1 atom stereocenters. The molecule has 0 aromatic heterocycles. The highest BCUT2D eigenvalue weighted by Gasteiger charge is 2.26. The first-order valence-electron chi connectivity index (χ1n) is 10.0. The molecule has 2 aromatic rings. The van der Waals surface area contributed by atoms with Crippen molar-refractivity contribution in [3.05, 3.63) is 65.7 Å². The Kier molecular flexibility index (Phi) is 7.69. The third-order valence-corrected chi connectivity index (χ3v) is 5.45. The number of piperazine rings is 1. The quantitative estimate of drug-likeness (QED) is 0.737. The molecule has 0 radical (unpaired) electrons. The van der Waals surface area contributed by atoms with Gasteiger partial charge < -0.3 is 14.7 Å². The number of methoxy groups -OCH3 is 1. The summed E-state index contributed by atoms with van der Waals surface area (Å²) >= 11 is 0. The van der Waals surface area contributed by atoms with Gasteiger partial charge >= 0.3 is 0 Å². The summed E-state index contributed by atoms with van der Waals surface area (Å²) in [7, 11) is 1.71. The second-order valence-electron chi connectivity index (χ2n) is 7.38. The van der Waals surface area contributed by atoms with Gasteiger partial charge in [-0.1, -0.05) is 42.5 Å². The summed E-state index contributed by atoms with van der Waals surface area (Å²) in [5.41, 5.74) is 2.69. The minimum absolute atomic E-state index is 0.247. The van der Waals surface area contributed by atoms with E-state index in [-0.39, 0.29) is 6.61 Å². The SMILES string of the molecule is COc1cccc(CN2CCN(CCCc3ccccc3)C[C@@H]2CCO)c1. The summed E-state index contributed by atoms with van der Waals surface area (Å²) < 4.78 is 5.35. The zero-order chi connectivity index (χ0) is 18.9. The maximum absolute atomic E-state index is 9.53. The number of nitrogens with zero attached hydrogens (tertiary/aromatic N) is 2. The van der Waals surface area contributed by atoms with Crippen molar-refractivity contribution in [1.29, 1.82) is 0 Å². The molecule has 0 spiro atoms. The molecule has 2 aromatic carbocycles. The number of ether oxygens (including phenoxy) is 1. The predicted molar refractivity (Wildman–Crippen MR) is 110 cm³/mol. The largest absolute Gasteiger partial charge is 0.497 e. The molecule has 4 heteroatoms. The Morgan fingerprint density at radius 1 is 1.04 bits per heavy atom. The van der Waals surface area contributed by atoms with Gasteiger partial charge in [-0.2, -0.15) is 0 Å². The minimum Gasteiger partial charge on any atom is -0.497 e. The van der Waals surface area contributed by atoms with E-state index in [2.05, 4.69) is 58.3 Å². The summed E-state index contributed by atoms with van der Waals surface area (Å²) in [6, 6.07) is 19.4. The molecule has 1 aliphatic rings. The molecule has 4 nitrogen and oxygen atoms in total. The molecule has 146 valence electrons. The molecule has 0 amide bonds. The first kappa shape index (κ1) is 19.9. The van der Waals surface area contributed by atoms with Gasteiger partial charge in [-0.05, 0) is 49.1 Å². The average molecular weight is 369 g/mol. The summed E-state index contributed by atoms with van der Waals surface area (Å²) in [4.78, 5) is 5.07. The van der Waals surface area contributed by atoms with Gasteiger partial charge in [0.2, 0.25) is 0 Å². The van der Waals surface area contributed by atoms with Crippen LogP contribution >= 0.6 is 0 Å². The van der Waals surface area contributed by atoms with Crippen LogP contribution in [0.2, 0.25) is 0 Å². The second-order valence-corrected chi connectivity index (χ2v) is 7.38. The van der Waals surface area contributed by atoms with E-state index in [1.807, 2.05) is 6.07 Å². The summed E-state index contributed by atoms with van der Waals surface area (Å²) in [6.45, 7) is 5.48. The van der Waals surface area contributed by atoms with Gasteiger partial charge in [0.15, 0.2) is 0 Å². The van der Waals surface area contributed by atoms with Gasteiger partial charge in [0, 0.05) is 38.8 Å². The fraction of sp³-hybridized carbons (Fsp3) is 0.478. The van der Waals surface area contributed by atoms with Crippen molar-refractivity contribution in [2.75, 3.05) is 39.9 Å². The van der Waals surface area contributed by atoms with Crippen LogP contribution in [0.1, 0.15) is 24.0 Å². The van der Waals surface area contributed by atoms with Gasteiger partial charge in [0.1, 0.15) is 5.75 Å². The highest BCUT2D eigenvalue weighted by Crippen LogP contribution is 2.20. The van der Waals surface area contributed by atoms with Crippen LogP contribution in [-0.4, -0.2) is 60.8 Å². The van der Waals surface area contributed by atoms with Crippen molar-refractivity contribution in [3.63, 3.8) is 0 Å². The molecule has 0 bridgehead atoms. The number of aryl methyl sites for hydroxylation is 1. The lowest BCUT2D eigenvalue weighted by Gasteiger charge is -2.41. The fourth-order valence-electron chi connectivity index (χ4n) is 3.95.